The number of nitrogens with zero attached hydrogens (tertiary/aromatic N) is 2. The van der Waals surface area contributed by atoms with Gasteiger partial charge in [-0.2, -0.15) is 0 Å². The molecule has 2 aliphatic rings. The highest BCUT2D eigenvalue weighted by atomic mass is 15.2. The minimum Gasteiger partial charge on any atom is -0.304 e. The predicted molar refractivity (Wildman–Crippen MR) is 68.8 cm³/mol. The van der Waals surface area contributed by atoms with Crippen LogP contribution in [0.2, 0.25) is 0 Å². The third-order valence-corrected chi connectivity index (χ3v) is 4.20. The van der Waals surface area contributed by atoms with Crippen LogP contribution < -0.4 is 5.32 Å². The van der Waals surface area contributed by atoms with Crippen molar-refractivity contribution in [2.24, 2.45) is 0 Å². The molecule has 0 saturated carbocycles. The molecule has 3 rings (SSSR count). The van der Waals surface area contributed by atoms with Crippen molar-refractivity contribution >= 4 is 0 Å². The van der Waals surface area contributed by atoms with E-state index in [9.17, 15) is 0 Å². The van der Waals surface area contributed by atoms with Crippen LogP contribution in [0.3, 0.4) is 0 Å². The summed E-state index contributed by atoms with van der Waals surface area (Å²) in [6.07, 6.45) is 5.92. The summed E-state index contributed by atoms with van der Waals surface area (Å²) < 4.78 is 0. The van der Waals surface area contributed by atoms with Crippen LogP contribution >= 0.6 is 0 Å². The van der Waals surface area contributed by atoms with E-state index >= 15 is 0 Å². The van der Waals surface area contributed by atoms with Crippen LogP contribution in [0, 0.1) is 0 Å². The van der Waals surface area contributed by atoms with E-state index in [0.717, 1.165) is 11.7 Å². The van der Waals surface area contributed by atoms with Gasteiger partial charge >= 0.3 is 0 Å². The van der Waals surface area contributed by atoms with Gasteiger partial charge in [0.25, 0.3) is 0 Å². The molecule has 0 bridgehead atoms. The van der Waals surface area contributed by atoms with Crippen LogP contribution in [0.5, 0.6) is 0 Å². The molecular weight excluding hydrogens is 210 g/mol. The number of hydrogen-bond donors (Lipinski definition) is 1. The Bertz CT molecular complexity index is 365. The van der Waals surface area contributed by atoms with Gasteiger partial charge in [0, 0.05) is 30.9 Å². The van der Waals surface area contributed by atoms with Gasteiger partial charge < -0.3 is 5.32 Å². The third-order valence-electron chi connectivity index (χ3n) is 4.20. The molecule has 3 heteroatoms. The van der Waals surface area contributed by atoms with Gasteiger partial charge in [0.05, 0.1) is 5.69 Å². The summed E-state index contributed by atoms with van der Waals surface area (Å²) in [5.74, 6) is 0. The van der Waals surface area contributed by atoms with E-state index in [1.54, 1.807) is 0 Å². The third kappa shape index (κ3) is 2.22. The Morgan fingerprint density at radius 2 is 2.29 bits per heavy atom. The first-order valence-corrected chi connectivity index (χ1v) is 6.75. The Labute approximate surface area is 103 Å². The van der Waals surface area contributed by atoms with Crippen molar-refractivity contribution in [3.05, 3.63) is 30.1 Å². The first-order valence-electron chi connectivity index (χ1n) is 6.75. The monoisotopic (exact) mass is 231 g/mol. The van der Waals surface area contributed by atoms with E-state index < -0.39 is 0 Å². The van der Waals surface area contributed by atoms with E-state index in [4.69, 9.17) is 0 Å². The second-order valence-corrected chi connectivity index (χ2v) is 5.28. The molecule has 1 N–H and O–H groups in total. The molecule has 17 heavy (non-hydrogen) atoms. The molecule has 2 fully saturated rings. The van der Waals surface area contributed by atoms with Gasteiger partial charge in [-0.3, -0.25) is 9.88 Å². The van der Waals surface area contributed by atoms with Crippen LogP contribution in [0.4, 0.5) is 0 Å². The molecule has 2 saturated heterocycles. The van der Waals surface area contributed by atoms with Gasteiger partial charge in [0.1, 0.15) is 0 Å². The van der Waals surface area contributed by atoms with Crippen LogP contribution in [0.1, 0.15) is 37.9 Å². The summed E-state index contributed by atoms with van der Waals surface area (Å²) >= 11 is 0. The SMILES string of the molecule is C[C@@H](NC1CCN2CCCC12)c1ccccn1. The van der Waals surface area contributed by atoms with Crippen molar-refractivity contribution in [1.82, 2.24) is 15.2 Å². The summed E-state index contributed by atoms with van der Waals surface area (Å²) in [7, 11) is 0. The van der Waals surface area contributed by atoms with Gasteiger partial charge in [-0.15, -0.1) is 0 Å². The average Bonchev–Trinajstić information content (AvgIpc) is 2.95. The minimum absolute atomic E-state index is 0.363. The molecule has 0 aromatic carbocycles. The first-order chi connectivity index (χ1) is 8.34. The number of hydrogen-bond acceptors (Lipinski definition) is 3. The summed E-state index contributed by atoms with van der Waals surface area (Å²) in [5.41, 5.74) is 1.16. The Balaban J connectivity index is 1.64. The lowest BCUT2D eigenvalue weighted by molar-refractivity contribution is 0.290. The first kappa shape index (κ1) is 11.2. The molecule has 2 unspecified atom stereocenters. The fourth-order valence-electron chi connectivity index (χ4n) is 3.32. The van der Waals surface area contributed by atoms with E-state index in [1.807, 2.05) is 12.3 Å². The molecule has 0 aliphatic carbocycles. The molecule has 3 nitrogen and oxygen atoms in total. The summed E-state index contributed by atoms with van der Waals surface area (Å²) in [6.45, 7) is 4.80. The second kappa shape index (κ2) is 4.75. The smallest absolute Gasteiger partial charge is 0.0570 e. The van der Waals surface area contributed by atoms with E-state index in [1.165, 1.54) is 32.4 Å². The number of pyridine rings is 1. The van der Waals surface area contributed by atoms with Crippen LogP contribution in [0.25, 0.3) is 0 Å². The van der Waals surface area contributed by atoms with Gasteiger partial charge in [0.15, 0.2) is 0 Å². The van der Waals surface area contributed by atoms with Gasteiger partial charge in [0.2, 0.25) is 0 Å². The Kier molecular flexibility index (Phi) is 3.12. The quantitative estimate of drug-likeness (QED) is 0.862. The highest BCUT2D eigenvalue weighted by Crippen LogP contribution is 2.29. The lowest BCUT2D eigenvalue weighted by Gasteiger charge is -2.24. The van der Waals surface area contributed by atoms with Gasteiger partial charge in [-0.05, 0) is 44.9 Å². The van der Waals surface area contributed by atoms with E-state index in [-0.39, 0.29) is 0 Å². The van der Waals surface area contributed by atoms with E-state index in [2.05, 4.69) is 34.3 Å². The minimum atomic E-state index is 0.363. The average molecular weight is 231 g/mol. The lowest BCUT2D eigenvalue weighted by Crippen LogP contribution is -2.40. The van der Waals surface area contributed by atoms with Crippen LogP contribution in [0.15, 0.2) is 24.4 Å². The number of fused-ring (bicyclic) bond motifs is 1. The molecule has 3 heterocycles. The molecule has 0 radical (unpaired) electrons. The fourth-order valence-corrected chi connectivity index (χ4v) is 3.32. The van der Waals surface area contributed by atoms with Crippen molar-refractivity contribution in [2.75, 3.05) is 13.1 Å². The zero-order chi connectivity index (χ0) is 11.7. The zero-order valence-corrected chi connectivity index (χ0v) is 10.5. The highest BCUT2D eigenvalue weighted by molar-refractivity contribution is 5.09. The summed E-state index contributed by atoms with van der Waals surface area (Å²) in [6, 6.07) is 7.96. The number of aromatic nitrogens is 1. The normalized spacial score (nSPS) is 30.4. The summed E-state index contributed by atoms with van der Waals surface area (Å²) in [4.78, 5) is 7.07. The van der Waals surface area contributed by atoms with Crippen LogP contribution in [-0.2, 0) is 0 Å². The van der Waals surface area contributed by atoms with Gasteiger partial charge in [-0.1, -0.05) is 6.07 Å². The Morgan fingerprint density at radius 3 is 3.12 bits per heavy atom. The molecule has 3 atom stereocenters. The molecule has 92 valence electrons. The fraction of sp³-hybridized carbons (Fsp3) is 0.643. The molecule has 0 spiro atoms. The maximum absolute atomic E-state index is 4.43. The molecule has 1 aromatic heterocycles. The molecule has 1 aromatic rings. The van der Waals surface area contributed by atoms with Crippen molar-refractivity contribution < 1.29 is 0 Å². The largest absolute Gasteiger partial charge is 0.304 e. The maximum Gasteiger partial charge on any atom is 0.0570 e. The topological polar surface area (TPSA) is 28.2 Å². The van der Waals surface area contributed by atoms with Crippen molar-refractivity contribution in [3.63, 3.8) is 0 Å². The number of rotatable bonds is 3. The molecular formula is C14H21N3. The van der Waals surface area contributed by atoms with Crippen molar-refractivity contribution in [2.45, 2.75) is 44.3 Å². The summed E-state index contributed by atoms with van der Waals surface area (Å²) in [5, 5.41) is 3.76. The Hall–Kier alpha value is -0.930. The van der Waals surface area contributed by atoms with Crippen molar-refractivity contribution in [3.8, 4) is 0 Å². The maximum atomic E-state index is 4.43. The highest BCUT2D eigenvalue weighted by Gasteiger charge is 2.37. The van der Waals surface area contributed by atoms with E-state index in [0.29, 0.717) is 12.1 Å². The lowest BCUT2D eigenvalue weighted by atomic mass is 10.0. The van der Waals surface area contributed by atoms with Crippen LogP contribution in [-0.4, -0.2) is 35.1 Å². The standard InChI is InChI=1S/C14H21N3/c1-11(12-5-2-3-8-15-12)16-13-7-10-17-9-4-6-14(13)17/h2-3,5,8,11,13-14,16H,4,6-7,9-10H2,1H3/t11-,13?,14?/m1/s1. The predicted octanol–water partition coefficient (Wildman–Crippen LogP) is 1.97. The Morgan fingerprint density at radius 1 is 1.35 bits per heavy atom. The van der Waals surface area contributed by atoms with Gasteiger partial charge in [-0.25, -0.2) is 0 Å². The molecule has 0 amide bonds. The zero-order valence-electron chi connectivity index (χ0n) is 10.5. The second-order valence-electron chi connectivity index (χ2n) is 5.28. The molecule has 2 aliphatic heterocycles. The number of nitrogens with one attached hydrogen (secondary N) is 1. The van der Waals surface area contributed by atoms with Crippen molar-refractivity contribution in [1.29, 1.82) is 0 Å².